The number of fused-ring (bicyclic) bond motifs is 2. The number of nitrogens with one attached hydrogen (secondary N) is 1. The van der Waals surface area contributed by atoms with Gasteiger partial charge in [-0.05, 0) is 80.4 Å². The van der Waals surface area contributed by atoms with E-state index in [4.69, 9.17) is 24.5 Å². The van der Waals surface area contributed by atoms with E-state index in [1.54, 1.807) is 0 Å². The third-order valence-electron chi connectivity index (χ3n) is 6.83. The van der Waals surface area contributed by atoms with Crippen molar-refractivity contribution in [2.45, 2.75) is 44.8 Å². The minimum atomic E-state index is -1.82. The van der Waals surface area contributed by atoms with Crippen LogP contribution in [-0.4, -0.2) is 69.0 Å². The molecule has 0 radical (unpaired) electrons. The van der Waals surface area contributed by atoms with Crippen LogP contribution in [-0.2, 0) is 9.59 Å². The molecule has 196 valence electrons. The number of likely N-dealkylation sites (tertiary alicyclic amines) is 1. The van der Waals surface area contributed by atoms with E-state index in [9.17, 15) is 5.11 Å². The number of nitrogens with zero attached hydrogens (tertiary/aromatic N) is 1. The van der Waals surface area contributed by atoms with Crippen LogP contribution in [0.2, 0.25) is 0 Å². The zero-order valence-electron chi connectivity index (χ0n) is 20.9. The van der Waals surface area contributed by atoms with Crippen molar-refractivity contribution in [3.8, 4) is 5.75 Å². The predicted octanol–water partition coefficient (Wildman–Crippen LogP) is 4.85. The number of benzene rings is 2. The fraction of sp³-hybridized carbons (Fsp3) is 0.357. The minimum absolute atomic E-state index is 0.312. The molecule has 2 aromatic carbocycles. The number of piperidine rings is 1. The summed E-state index contributed by atoms with van der Waals surface area (Å²) in [5, 5.41) is 27.9. The van der Waals surface area contributed by atoms with Gasteiger partial charge in [-0.2, -0.15) is 0 Å². The summed E-state index contributed by atoms with van der Waals surface area (Å²) >= 11 is 1.95. The third kappa shape index (κ3) is 6.49. The van der Waals surface area contributed by atoms with Crippen molar-refractivity contribution in [1.82, 2.24) is 9.88 Å². The van der Waals surface area contributed by atoms with Gasteiger partial charge in [-0.3, -0.25) is 4.90 Å². The summed E-state index contributed by atoms with van der Waals surface area (Å²) in [6.45, 7) is 6.47. The fourth-order valence-corrected chi connectivity index (χ4v) is 6.16. The van der Waals surface area contributed by atoms with E-state index in [0.29, 0.717) is 25.1 Å². The number of aromatic amines is 1. The molecule has 4 aromatic rings. The van der Waals surface area contributed by atoms with Crippen LogP contribution in [0.5, 0.6) is 5.75 Å². The summed E-state index contributed by atoms with van der Waals surface area (Å²) < 4.78 is 7.35. The van der Waals surface area contributed by atoms with Gasteiger partial charge < -0.3 is 25.0 Å². The fourth-order valence-electron chi connectivity index (χ4n) is 4.87. The lowest BCUT2D eigenvalue weighted by molar-refractivity contribution is -0.159. The van der Waals surface area contributed by atoms with Gasteiger partial charge in [-0.15, -0.1) is 11.3 Å². The largest absolute Gasteiger partial charge is 0.490 e. The molecule has 4 N–H and O–H groups in total. The Bertz CT molecular complexity index is 1370. The van der Waals surface area contributed by atoms with Crippen LogP contribution in [0.3, 0.4) is 0 Å². The number of β-amino-alcohol motifs (C(OH)–C–C–N with tert-alkyl or cyclic N) is 1. The van der Waals surface area contributed by atoms with Crippen LogP contribution < -0.4 is 4.74 Å². The maximum atomic E-state index is 10.6. The van der Waals surface area contributed by atoms with Gasteiger partial charge in [-0.25, -0.2) is 9.59 Å². The van der Waals surface area contributed by atoms with E-state index < -0.39 is 18.0 Å². The number of rotatable bonds is 6. The van der Waals surface area contributed by atoms with Crippen LogP contribution in [0.1, 0.15) is 36.1 Å². The van der Waals surface area contributed by atoms with Crippen molar-refractivity contribution in [3.05, 3.63) is 65.2 Å². The van der Waals surface area contributed by atoms with Crippen molar-refractivity contribution in [2.75, 3.05) is 19.7 Å². The average Bonchev–Trinajstić information content (AvgIpc) is 3.52. The van der Waals surface area contributed by atoms with Gasteiger partial charge >= 0.3 is 11.9 Å². The number of aliphatic hydroxyl groups excluding tert-OH is 1. The summed E-state index contributed by atoms with van der Waals surface area (Å²) in [6.07, 6.45) is 3.70. The smallest absolute Gasteiger partial charge is 0.414 e. The quantitative estimate of drug-likeness (QED) is 0.266. The first kappa shape index (κ1) is 26.7. The Hall–Kier alpha value is -3.40. The highest BCUT2D eigenvalue weighted by Crippen LogP contribution is 2.39. The lowest BCUT2D eigenvalue weighted by Crippen LogP contribution is -2.45. The van der Waals surface area contributed by atoms with Gasteiger partial charge in [0.25, 0.3) is 0 Å². The van der Waals surface area contributed by atoms with Crippen LogP contribution in [0, 0.1) is 6.92 Å². The van der Waals surface area contributed by atoms with Crippen LogP contribution >= 0.6 is 11.3 Å². The van der Waals surface area contributed by atoms with E-state index in [2.05, 4.69) is 48.0 Å². The second kappa shape index (κ2) is 11.8. The molecule has 8 nitrogen and oxygen atoms in total. The molecule has 0 saturated carbocycles. The van der Waals surface area contributed by atoms with Crippen molar-refractivity contribution in [3.63, 3.8) is 0 Å². The number of carboxylic acid groups (broad SMARTS) is 2. The number of ether oxygens (including phenoxy) is 1. The van der Waals surface area contributed by atoms with Crippen LogP contribution in [0.15, 0.2) is 54.7 Å². The number of H-pyrrole nitrogens is 1. The van der Waals surface area contributed by atoms with E-state index in [-0.39, 0.29) is 0 Å². The highest BCUT2D eigenvalue weighted by atomic mass is 32.1. The van der Waals surface area contributed by atoms with Crippen molar-refractivity contribution in [2.24, 2.45) is 0 Å². The first-order valence-corrected chi connectivity index (χ1v) is 13.1. The number of aromatic nitrogens is 1. The third-order valence-corrected chi connectivity index (χ3v) is 8.09. The monoisotopic (exact) mass is 524 g/mol. The van der Waals surface area contributed by atoms with E-state index in [0.717, 1.165) is 36.0 Å². The zero-order chi connectivity index (χ0) is 26.5. The maximum absolute atomic E-state index is 10.6. The molecule has 1 aliphatic heterocycles. The number of aliphatic hydroxyl groups is 1. The second-order valence-corrected chi connectivity index (χ2v) is 10.6. The Balaban J connectivity index is 0.000000480. The summed E-state index contributed by atoms with van der Waals surface area (Å²) in [7, 11) is 0. The molecule has 37 heavy (non-hydrogen) atoms. The van der Waals surface area contributed by atoms with Crippen LogP contribution in [0.4, 0.5) is 0 Å². The Kier molecular flexibility index (Phi) is 8.48. The summed E-state index contributed by atoms with van der Waals surface area (Å²) in [6, 6.07) is 17.4. The van der Waals surface area contributed by atoms with Gasteiger partial charge in [0.15, 0.2) is 0 Å². The second-order valence-electron chi connectivity index (χ2n) is 9.47. The number of aliphatic carboxylic acids is 2. The van der Waals surface area contributed by atoms with E-state index >= 15 is 0 Å². The average molecular weight is 525 g/mol. The minimum Gasteiger partial charge on any atom is -0.490 e. The summed E-state index contributed by atoms with van der Waals surface area (Å²) in [4.78, 5) is 25.3. The highest BCUT2D eigenvalue weighted by molar-refractivity contribution is 7.19. The standard InChI is InChI=1S/C26H30N2O2S.C2H2O4/c1-17-5-3-8-25-22(17)14-26(31-25)19-10-12-28(18(2)13-19)15-20(29)16-30-24-7-4-6-23-21(24)9-11-27-23;3-1(4)2(5)6/h3-9,11,14,18-20,27,29H,10,12-13,15-16H2,1-2H3;(H,3,4)(H,5,6)/t18-,19-,20+;/m1./s1. The first-order valence-electron chi connectivity index (χ1n) is 12.3. The molecule has 3 heterocycles. The van der Waals surface area contributed by atoms with Gasteiger partial charge in [0.2, 0.25) is 0 Å². The van der Waals surface area contributed by atoms with Gasteiger partial charge in [-0.1, -0.05) is 18.2 Å². The highest BCUT2D eigenvalue weighted by Gasteiger charge is 2.29. The number of hydrogen-bond acceptors (Lipinski definition) is 6. The summed E-state index contributed by atoms with van der Waals surface area (Å²) in [5.41, 5.74) is 2.42. The Morgan fingerprint density at radius 1 is 1.14 bits per heavy atom. The van der Waals surface area contributed by atoms with E-state index in [1.807, 2.05) is 41.8 Å². The molecule has 9 heteroatoms. The molecular formula is C28H32N2O6S. The molecule has 1 aliphatic rings. The SMILES string of the molecule is Cc1cccc2sc([C@@H]3CCN(C[C@H](O)COc4cccc5[nH]ccc45)[C@H](C)C3)cc12.O=C(O)C(=O)O. The lowest BCUT2D eigenvalue weighted by Gasteiger charge is -2.38. The van der Waals surface area contributed by atoms with Crippen LogP contribution in [0.25, 0.3) is 21.0 Å². The number of carbonyl (C=O) groups is 2. The Morgan fingerprint density at radius 3 is 2.59 bits per heavy atom. The van der Waals surface area contributed by atoms with Gasteiger partial charge in [0, 0.05) is 39.3 Å². The molecular weight excluding hydrogens is 492 g/mol. The van der Waals surface area contributed by atoms with E-state index in [1.165, 1.54) is 20.5 Å². The molecule has 1 fully saturated rings. The number of carboxylic acids is 2. The molecule has 0 spiro atoms. The number of hydrogen-bond donors (Lipinski definition) is 4. The molecule has 3 atom stereocenters. The molecule has 5 rings (SSSR count). The Labute approximate surface area is 219 Å². The van der Waals surface area contributed by atoms with Crippen molar-refractivity contribution >= 4 is 44.3 Å². The molecule has 1 saturated heterocycles. The molecule has 0 aliphatic carbocycles. The summed E-state index contributed by atoms with van der Waals surface area (Å²) in [5.74, 6) is -2.21. The molecule has 0 bridgehead atoms. The number of aryl methyl sites for hydroxylation is 1. The number of thiophene rings is 1. The predicted molar refractivity (Wildman–Crippen MR) is 145 cm³/mol. The molecule has 0 unspecified atom stereocenters. The first-order chi connectivity index (χ1) is 17.7. The Morgan fingerprint density at radius 2 is 1.89 bits per heavy atom. The normalized spacial score (nSPS) is 18.8. The van der Waals surface area contributed by atoms with Gasteiger partial charge in [0.05, 0.1) is 0 Å². The maximum Gasteiger partial charge on any atom is 0.414 e. The molecule has 0 amide bonds. The van der Waals surface area contributed by atoms with Crippen molar-refractivity contribution < 1.29 is 29.6 Å². The zero-order valence-corrected chi connectivity index (χ0v) is 21.7. The van der Waals surface area contributed by atoms with Crippen molar-refractivity contribution in [1.29, 1.82) is 0 Å². The lowest BCUT2D eigenvalue weighted by atomic mass is 9.90. The van der Waals surface area contributed by atoms with Gasteiger partial charge in [0.1, 0.15) is 18.5 Å². The molecule has 2 aromatic heterocycles. The topological polar surface area (TPSA) is 123 Å².